The number of rotatable bonds is 2. The quantitative estimate of drug-likeness (QED) is 0.672. The molecule has 0 bridgehead atoms. The van der Waals surface area contributed by atoms with Crippen molar-refractivity contribution in [3.8, 4) is 0 Å². The molecular weight excluding hydrogens is 263 g/mol. The number of aromatic nitrogens is 1. The maximum atomic E-state index is 12.5. The molecule has 1 aromatic heterocycles. The van der Waals surface area contributed by atoms with Gasteiger partial charge >= 0.3 is 12.1 Å². The number of halogens is 3. The zero-order chi connectivity index (χ0) is 14.2. The maximum Gasteiger partial charge on any atom is 0.416 e. The molecule has 0 amide bonds. The van der Waals surface area contributed by atoms with Crippen molar-refractivity contribution in [2.45, 2.75) is 6.18 Å². The van der Waals surface area contributed by atoms with Gasteiger partial charge in [-0.2, -0.15) is 13.2 Å². The summed E-state index contributed by atoms with van der Waals surface area (Å²) in [5, 5.41) is 8.59. The molecule has 98 valence electrons. The molecule has 4 nitrogen and oxygen atoms in total. The van der Waals surface area contributed by atoms with Gasteiger partial charge in [-0.25, -0.2) is 4.79 Å². The van der Waals surface area contributed by atoms with E-state index in [0.717, 1.165) is 30.5 Å². The van der Waals surface area contributed by atoms with E-state index in [1.54, 1.807) is 0 Å². The van der Waals surface area contributed by atoms with E-state index in [1.165, 1.54) is 0 Å². The largest absolute Gasteiger partial charge is 0.475 e. The number of alkyl halides is 3. The van der Waals surface area contributed by atoms with E-state index < -0.39 is 23.5 Å². The zero-order valence-corrected chi connectivity index (χ0v) is 9.23. The molecule has 0 aliphatic rings. The lowest BCUT2D eigenvalue weighted by molar-refractivity contribution is -0.137. The van der Waals surface area contributed by atoms with Crippen LogP contribution >= 0.6 is 0 Å². The molecular formula is C12H6F3NO3. The third-order valence-electron chi connectivity index (χ3n) is 2.47. The molecule has 1 aromatic carbocycles. The van der Waals surface area contributed by atoms with Crippen molar-refractivity contribution in [3.05, 3.63) is 41.6 Å². The minimum atomic E-state index is -4.51. The normalized spacial score (nSPS) is 11.5. The van der Waals surface area contributed by atoms with Gasteiger partial charge < -0.3 is 5.11 Å². The van der Waals surface area contributed by atoms with Crippen LogP contribution in [0.1, 0.15) is 15.9 Å². The Labute approximate surface area is 104 Å². The Kier molecular flexibility index (Phi) is 2.97. The summed E-state index contributed by atoms with van der Waals surface area (Å²) in [4.78, 5) is 25.5. The number of carboxylic acid groups (broad SMARTS) is 1. The van der Waals surface area contributed by atoms with Crippen LogP contribution in [0.5, 0.6) is 0 Å². The zero-order valence-electron chi connectivity index (χ0n) is 9.23. The van der Waals surface area contributed by atoms with Crippen LogP contribution in [-0.2, 0) is 11.0 Å². The highest BCUT2D eigenvalue weighted by atomic mass is 19.4. The summed E-state index contributed by atoms with van der Waals surface area (Å²) in [6.45, 7) is 0. The van der Waals surface area contributed by atoms with Crippen molar-refractivity contribution in [1.82, 2.24) is 4.98 Å². The number of Topliss-reactive ketones (excluding diaryl/α,β-unsaturated/α-hetero) is 1. The monoisotopic (exact) mass is 269 g/mol. The second kappa shape index (κ2) is 4.34. The number of carbonyl (C=O) groups is 2. The lowest BCUT2D eigenvalue weighted by atomic mass is 10.1. The average molecular weight is 269 g/mol. The third kappa shape index (κ3) is 2.54. The Morgan fingerprint density at radius 2 is 1.84 bits per heavy atom. The summed E-state index contributed by atoms with van der Waals surface area (Å²) in [6.07, 6.45) is -3.49. The number of carboxylic acids is 1. The van der Waals surface area contributed by atoms with E-state index in [1.807, 2.05) is 0 Å². The van der Waals surface area contributed by atoms with E-state index in [4.69, 9.17) is 5.11 Å². The number of carbonyl (C=O) groups excluding carboxylic acids is 1. The summed E-state index contributed by atoms with van der Waals surface area (Å²) >= 11 is 0. The van der Waals surface area contributed by atoms with Gasteiger partial charge in [0, 0.05) is 17.1 Å². The van der Waals surface area contributed by atoms with Crippen LogP contribution in [0.2, 0.25) is 0 Å². The smallest absolute Gasteiger partial charge is 0.416 e. The predicted octanol–water partition coefficient (Wildman–Crippen LogP) is 2.52. The van der Waals surface area contributed by atoms with Crippen LogP contribution in [0.25, 0.3) is 10.9 Å². The molecule has 19 heavy (non-hydrogen) atoms. The van der Waals surface area contributed by atoms with E-state index in [2.05, 4.69) is 4.98 Å². The molecule has 2 rings (SSSR count). The number of fused-ring (bicyclic) bond motifs is 1. The molecule has 0 spiro atoms. The number of hydrogen-bond donors (Lipinski definition) is 1. The molecule has 0 aliphatic carbocycles. The first-order valence-electron chi connectivity index (χ1n) is 5.03. The van der Waals surface area contributed by atoms with Crippen molar-refractivity contribution in [3.63, 3.8) is 0 Å². The first kappa shape index (κ1) is 13.0. The van der Waals surface area contributed by atoms with Crippen LogP contribution in [0.4, 0.5) is 13.2 Å². The molecule has 1 heterocycles. The Balaban J connectivity index is 2.58. The van der Waals surface area contributed by atoms with Gasteiger partial charge in [-0.1, -0.05) is 0 Å². The fraction of sp³-hybridized carbons (Fsp3) is 0.0833. The second-order valence-corrected chi connectivity index (χ2v) is 3.76. The Morgan fingerprint density at radius 3 is 2.42 bits per heavy atom. The summed E-state index contributed by atoms with van der Waals surface area (Å²) < 4.78 is 37.6. The van der Waals surface area contributed by atoms with Gasteiger partial charge in [0.05, 0.1) is 11.1 Å². The van der Waals surface area contributed by atoms with Gasteiger partial charge in [-0.15, -0.1) is 0 Å². The van der Waals surface area contributed by atoms with Gasteiger partial charge in [0.15, 0.2) is 0 Å². The molecule has 0 fully saturated rings. The van der Waals surface area contributed by atoms with Crippen LogP contribution < -0.4 is 0 Å². The lowest BCUT2D eigenvalue weighted by Gasteiger charge is -2.07. The fourth-order valence-electron chi connectivity index (χ4n) is 1.56. The van der Waals surface area contributed by atoms with Gasteiger partial charge in [0.2, 0.25) is 0 Å². The number of nitrogens with zero attached hydrogens (tertiary/aromatic N) is 1. The summed E-state index contributed by atoms with van der Waals surface area (Å²) in [7, 11) is 0. The molecule has 1 N–H and O–H groups in total. The van der Waals surface area contributed by atoms with E-state index >= 15 is 0 Å². The standard InChI is InChI=1S/C12H6F3NO3/c13-12(14,15)8-1-2-9-6(4-8)3-7(5-16-9)10(17)11(18)19/h1-5H,(H,18,19). The number of benzene rings is 1. The third-order valence-corrected chi connectivity index (χ3v) is 2.47. The molecule has 0 aliphatic heterocycles. The maximum absolute atomic E-state index is 12.5. The van der Waals surface area contributed by atoms with Crippen LogP contribution in [-0.4, -0.2) is 21.8 Å². The van der Waals surface area contributed by atoms with Gasteiger partial charge in [0.25, 0.3) is 5.78 Å². The van der Waals surface area contributed by atoms with Gasteiger partial charge in [0.1, 0.15) is 0 Å². The molecule has 0 atom stereocenters. The van der Waals surface area contributed by atoms with Crippen LogP contribution in [0, 0.1) is 0 Å². The highest BCUT2D eigenvalue weighted by molar-refractivity contribution is 6.40. The average Bonchev–Trinajstić information content (AvgIpc) is 2.35. The molecule has 0 saturated heterocycles. The van der Waals surface area contributed by atoms with Crippen LogP contribution in [0.3, 0.4) is 0 Å². The van der Waals surface area contributed by atoms with Crippen molar-refractivity contribution in [1.29, 1.82) is 0 Å². The SMILES string of the molecule is O=C(O)C(=O)c1cnc2ccc(C(F)(F)F)cc2c1. The number of pyridine rings is 1. The number of ketones is 1. The molecule has 0 radical (unpaired) electrons. The minimum Gasteiger partial charge on any atom is -0.475 e. The highest BCUT2D eigenvalue weighted by Crippen LogP contribution is 2.31. The molecule has 7 heteroatoms. The summed E-state index contributed by atoms with van der Waals surface area (Å²) in [6, 6.07) is 3.93. The minimum absolute atomic E-state index is 0.0573. The predicted molar refractivity (Wildman–Crippen MR) is 58.7 cm³/mol. The van der Waals surface area contributed by atoms with Gasteiger partial charge in [-0.05, 0) is 24.3 Å². The topological polar surface area (TPSA) is 67.3 Å². The van der Waals surface area contributed by atoms with E-state index in [-0.39, 0.29) is 16.5 Å². The van der Waals surface area contributed by atoms with E-state index in [9.17, 15) is 22.8 Å². The van der Waals surface area contributed by atoms with Crippen molar-refractivity contribution in [2.75, 3.05) is 0 Å². The fourth-order valence-corrected chi connectivity index (χ4v) is 1.56. The van der Waals surface area contributed by atoms with Crippen LogP contribution in [0.15, 0.2) is 30.5 Å². The Bertz CT molecular complexity index is 679. The van der Waals surface area contributed by atoms with Crippen molar-refractivity contribution < 1.29 is 27.9 Å². The Hall–Kier alpha value is -2.44. The Morgan fingerprint density at radius 1 is 1.16 bits per heavy atom. The summed E-state index contributed by atoms with van der Waals surface area (Å²) in [5.74, 6) is -2.90. The highest BCUT2D eigenvalue weighted by Gasteiger charge is 2.30. The second-order valence-electron chi connectivity index (χ2n) is 3.76. The first-order chi connectivity index (χ1) is 8.79. The molecule has 2 aromatic rings. The first-order valence-corrected chi connectivity index (χ1v) is 5.03. The van der Waals surface area contributed by atoms with Gasteiger partial charge in [-0.3, -0.25) is 9.78 Å². The summed E-state index contributed by atoms with van der Waals surface area (Å²) in [5.41, 5.74) is -0.906. The van der Waals surface area contributed by atoms with Crippen molar-refractivity contribution in [2.24, 2.45) is 0 Å². The molecule has 0 unspecified atom stereocenters. The van der Waals surface area contributed by atoms with E-state index in [0.29, 0.717) is 0 Å². The number of hydrogen-bond acceptors (Lipinski definition) is 3. The lowest BCUT2D eigenvalue weighted by Crippen LogP contribution is -2.13. The van der Waals surface area contributed by atoms with Crippen molar-refractivity contribution >= 4 is 22.7 Å². The molecule has 0 saturated carbocycles. The number of aliphatic carboxylic acids is 1.